The van der Waals surface area contributed by atoms with E-state index in [-0.39, 0.29) is 52.6 Å². The van der Waals surface area contributed by atoms with Crippen molar-refractivity contribution in [2.45, 2.75) is 32.7 Å². The number of ether oxygens (including phenoxy) is 2. The van der Waals surface area contributed by atoms with Gasteiger partial charge in [-0.25, -0.2) is 13.8 Å². The van der Waals surface area contributed by atoms with Crippen molar-refractivity contribution < 1.29 is 31.9 Å². The SMILES string of the molecule is CC(=O)N[C@@H](C)COc1ccc2nc(-c3cc(F)c(OCC4CC4)cc3F)oc2c1F. The smallest absolute Gasteiger partial charge is 0.230 e. The molecule has 1 atom stereocenters. The van der Waals surface area contributed by atoms with Gasteiger partial charge in [0.05, 0.1) is 18.2 Å². The van der Waals surface area contributed by atoms with Crippen LogP contribution in [0.25, 0.3) is 22.6 Å². The lowest BCUT2D eigenvalue weighted by Crippen LogP contribution is -2.35. The van der Waals surface area contributed by atoms with E-state index in [9.17, 15) is 18.0 Å². The summed E-state index contributed by atoms with van der Waals surface area (Å²) in [5.41, 5.74) is -0.356. The third-order valence-corrected chi connectivity index (χ3v) is 4.82. The molecule has 6 nitrogen and oxygen atoms in total. The summed E-state index contributed by atoms with van der Waals surface area (Å²) in [6.07, 6.45) is 2.04. The first-order valence-corrected chi connectivity index (χ1v) is 9.93. The molecule has 0 spiro atoms. The number of benzene rings is 2. The molecule has 9 heteroatoms. The van der Waals surface area contributed by atoms with Crippen molar-refractivity contribution in [1.82, 2.24) is 10.3 Å². The van der Waals surface area contributed by atoms with E-state index in [0.717, 1.165) is 25.0 Å². The van der Waals surface area contributed by atoms with Crippen molar-refractivity contribution in [3.8, 4) is 23.0 Å². The molecule has 31 heavy (non-hydrogen) atoms. The molecule has 1 aliphatic rings. The first kappa shape index (κ1) is 21.0. The number of nitrogens with one attached hydrogen (secondary N) is 1. The molecule has 1 fully saturated rings. The summed E-state index contributed by atoms with van der Waals surface area (Å²) in [4.78, 5) is 15.1. The molecule has 0 radical (unpaired) electrons. The number of oxazole rings is 1. The number of hydrogen-bond donors (Lipinski definition) is 1. The maximum Gasteiger partial charge on any atom is 0.230 e. The number of fused-ring (bicyclic) bond motifs is 1. The molecule has 0 bridgehead atoms. The van der Waals surface area contributed by atoms with Crippen LogP contribution in [0.1, 0.15) is 26.7 Å². The van der Waals surface area contributed by atoms with Crippen LogP contribution in [-0.2, 0) is 4.79 Å². The van der Waals surface area contributed by atoms with Gasteiger partial charge in [0.25, 0.3) is 0 Å². The molecule has 4 rings (SSSR count). The van der Waals surface area contributed by atoms with Gasteiger partial charge < -0.3 is 19.2 Å². The Morgan fingerprint density at radius 3 is 2.68 bits per heavy atom. The summed E-state index contributed by atoms with van der Waals surface area (Å²) in [6, 6.07) is 4.33. The fourth-order valence-electron chi connectivity index (χ4n) is 3.07. The molecule has 1 heterocycles. The Labute approximate surface area is 176 Å². The average Bonchev–Trinajstić information content (AvgIpc) is 3.44. The van der Waals surface area contributed by atoms with E-state index < -0.39 is 17.5 Å². The quantitative estimate of drug-likeness (QED) is 0.561. The molecule has 1 amide bonds. The fourth-order valence-corrected chi connectivity index (χ4v) is 3.07. The average molecular weight is 434 g/mol. The Morgan fingerprint density at radius 2 is 1.97 bits per heavy atom. The zero-order chi connectivity index (χ0) is 22.1. The maximum atomic E-state index is 14.8. The Morgan fingerprint density at radius 1 is 1.19 bits per heavy atom. The molecule has 0 aliphatic heterocycles. The molecule has 3 aromatic rings. The van der Waals surface area contributed by atoms with Crippen LogP contribution in [0.4, 0.5) is 13.2 Å². The Kier molecular flexibility index (Phi) is 5.75. The van der Waals surface area contributed by atoms with Crippen LogP contribution in [0.3, 0.4) is 0 Å². The van der Waals surface area contributed by atoms with E-state index in [1.165, 1.54) is 19.1 Å². The van der Waals surface area contributed by atoms with Crippen molar-refractivity contribution in [2.24, 2.45) is 5.92 Å². The first-order valence-electron chi connectivity index (χ1n) is 9.93. The second-order valence-electron chi connectivity index (χ2n) is 7.67. The van der Waals surface area contributed by atoms with E-state index in [4.69, 9.17) is 13.9 Å². The van der Waals surface area contributed by atoms with Gasteiger partial charge in [-0.3, -0.25) is 4.79 Å². The normalized spacial score (nSPS) is 14.5. The zero-order valence-electron chi connectivity index (χ0n) is 17.0. The molecular formula is C22H21F3N2O4. The lowest BCUT2D eigenvalue weighted by Gasteiger charge is -2.14. The summed E-state index contributed by atoms with van der Waals surface area (Å²) < 4.78 is 59.9. The van der Waals surface area contributed by atoms with E-state index >= 15 is 0 Å². The van der Waals surface area contributed by atoms with E-state index in [0.29, 0.717) is 12.5 Å². The van der Waals surface area contributed by atoms with Gasteiger partial charge >= 0.3 is 0 Å². The summed E-state index contributed by atoms with van der Waals surface area (Å²) >= 11 is 0. The van der Waals surface area contributed by atoms with Crippen LogP contribution in [0.5, 0.6) is 11.5 Å². The van der Waals surface area contributed by atoms with Crippen molar-refractivity contribution in [3.63, 3.8) is 0 Å². The molecular weight excluding hydrogens is 413 g/mol. The molecule has 0 unspecified atom stereocenters. The third-order valence-electron chi connectivity index (χ3n) is 4.82. The number of hydrogen-bond acceptors (Lipinski definition) is 5. The van der Waals surface area contributed by atoms with Crippen LogP contribution in [0.15, 0.2) is 28.7 Å². The predicted molar refractivity (Wildman–Crippen MR) is 106 cm³/mol. The van der Waals surface area contributed by atoms with Crippen LogP contribution in [0, 0.1) is 23.4 Å². The van der Waals surface area contributed by atoms with Gasteiger partial charge in [0.15, 0.2) is 22.9 Å². The molecule has 164 valence electrons. The Hall–Kier alpha value is -3.23. The number of carbonyl (C=O) groups excluding carboxylic acids is 1. The predicted octanol–water partition coefficient (Wildman–Crippen LogP) is 4.60. The van der Waals surface area contributed by atoms with Crippen LogP contribution in [-0.4, -0.2) is 30.1 Å². The van der Waals surface area contributed by atoms with Crippen molar-refractivity contribution in [2.75, 3.05) is 13.2 Å². The van der Waals surface area contributed by atoms with Gasteiger partial charge in [-0.1, -0.05) is 0 Å². The number of nitrogens with zero attached hydrogens (tertiary/aromatic N) is 1. The highest BCUT2D eigenvalue weighted by atomic mass is 19.1. The highest BCUT2D eigenvalue weighted by molar-refractivity contribution is 5.78. The van der Waals surface area contributed by atoms with Crippen LogP contribution >= 0.6 is 0 Å². The second-order valence-corrected chi connectivity index (χ2v) is 7.67. The van der Waals surface area contributed by atoms with E-state index in [1.807, 2.05) is 0 Å². The number of carbonyl (C=O) groups is 1. The number of aromatic nitrogens is 1. The zero-order valence-corrected chi connectivity index (χ0v) is 17.0. The van der Waals surface area contributed by atoms with Crippen molar-refractivity contribution in [3.05, 3.63) is 41.7 Å². The van der Waals surface area contributed by atoms with Gasteiger partial charge in [0.2, 0.25) is 17.6 Å². The second kappa shape index (κ2) is 8.49. The summed E-state index contributed by atoms with van der Waals surface area (Å²) in [6.45, 7) is 3.45. The van der Waals surface area contributed by atoms with E-state index in [2.05, 4.69) is 10.3 Å². The highest BCUT2D eigenvalue weighted by Gasteiger charge is 2.24. The topological polar surface area (TPSA) is 73.6 Å². The molecule has 1 aromatic heterocycles. The van der Waals surface area contributed by atoms with Crippen molar-refractivity contribution >= 4 is 17.0 Å². The number of rotatable bonds is 8. The Balaban J connectivity index is 1.56. The fraction of sp³-hybridized carbons (Fsp3) is 0.364. The largest absolute Gasteiger partial charge is 0.490 e. The van der Waals surface area contributed by atoms with Crippen LogP contribution < -0.4 is 14.8 Å². The maximum absolute atomic E-state index is 14.8. The summed E-state index contributed by atoms with van der Waals surface area (Å²) in [5, 5.41) is 2.62. The minimum Gasteiger partial charge on any atom is -0.490 e. The molecule has 1 saturated carbocycles. The van der Waals surface area contributed by atoms with Crippen LogP contribution in [0.2, 0.25) is 0 Å². The van der Waals surface area contributed by atoms with Gasteiger partial charge in [-0.05, 0) is 43.9 Å². The number of halogens is 3. The standard InChI is InChI=1S/C22H21F3N2O4/c1-11(26-12(2)28)9-29-18-6-5-17-21(20(18)25)31-22(27-17)14-7-16(24)19(8-15(14)23)30-10-13-3-4-13/h5-8,11,13H,3-4,9-10H2,1-2H3,(H,26,28)/t11-/m0/s1. The minimum atomic E-state index is -0.823. The van der Waals surface area contributed by atoms with Gasteiger partial charge in [0.1, 0.15) is 17.9 Å². The lowest BCUT2D eigenvalue weighted by molar-refractivity contribution is -0.119. The molecule has 1 aliphatic carbocycles. The third kappa shape index (κ3) is 4.76. The lowest BCUT2D eigenvalue weighted by atomic mass is 10.2. The van der Waals surface area contributed by atoms with E-state index in [1.54, 1.807) is 6.92 Å². The van der Waals surface area contributed by atoms with Gasteiger partial charge in [-0.2, -0.15) is 4.39 Å². The van der Waals surface area contributed by atoms with Gasteiger partial charge in [-0.15, -0.1) is 0 Å². The summed E-state index contributed by atoms with van der Waals surface area (Å²) in [7, 11) is 0. The van der Waals surface area contributed by atoms with Crippen molar-refractivity contribution in [1.29, 1.82) is 0 Å². The summed E-state index contributed by atoms with van der Waals surface area (Å²) in [5.74, 6) is -2.76. The molecule has 1 N–H and O–H groups in total. The monoisotopic (exact) mass is 434 g/mol. The number of amides is 1. The first-order chi connectivity index (χ1) is 14.8. The van der Waals surface area contributed by atoms with Gasteiger partial charge in [0, 0.05) is 13.0 Å². The highest BCUT2D eigenvalue weighted by Crippen LogP contribution is 2.35. The Bertz CT molecular complexity index is 1130. The minimum absolute atomic E-state index is 0.0329. The molecule has 0 saturated heterocycles. The molecule has 2 aromatic carbocycles.